The first-order chi connectivity index (χ1) is 8.19. The molecule has 0 saturated heterocycles. The summed E-state index contributed by atoms with van der Waals surface area (Å²) in [6.45, 7) is 6.10. The summed E-state index contributed by atoms with van der Waals surface area (Å²) in [5.41, 5.74) is 4.06. The number of aromatic amines is 1. The van der Waals surface area contributed by atoms with Gasteiger partial charge < -0.3 is 0 Å². The van der Waals surface area contributed by atoms with Crippen molar-refractivity contribution in [1.29, 1.82) is 0 Å². The van der Waals surface area contributed by atoms with E-state index in [-0.39, 0.29) is 5.56 Å². The standard InChI is InChI=1S/C14H18N2O/c1-4-11-12(5-2)15-16(14(11)17)13-9-7-6-8-10(13)3/h6-9,15H,4-5H2,1-3H3. The average Bonchev–Trinajstić information content (AvgIpc) is 2.66. The summed E-state index contributed by atoms with van der Waals surface area (Å²) >= 11 is 0. The zero-order valence-electron chi connectivity index (χ0n) is 10.6. The minimum atomic E-state index is 0.0821. The van der Waals surface area contributed by atoms with Crippen LogP contribution in [0.4, 0.5) is 0 Å². The predicted octanol–water partition coefficient (Wildman–Crippen LogP) is 2.60. The Morgan fingerprint density at radius 2 is 1.88 bits per heavy atom. The lowest BCUT2D eigenvalue weighted by molar-refractivity contribution is 0.814. The van der Waals surface area contributed by atoms with Gasteiger partial charge >= 0.3 is 0 Å². The van der Waals surface area contributed by atoms with Crippen LogP contribution in [0.15, 0.2) is 29.1 Å². The number of aromatic nitrogens is 2. The van der Waals surface area contributed by atoms with E-state index in [0.29, 0.717) is 0 Å². The number of H-pyrrole nitrogens is 1. The van der Waals surface area contributed by atoms with Gasteiger partial charge in [-0.25, -0.2) is 4.68 Å². The highest BCUT2D eigenvalue weighted by molar-refractivity contribution is 5.40. The second-order valence-corrected chi connectivity index (χ2v) is 4.20. The molecule has 2 rings (SSSR count). The van der Waals surface area contributed by atoms with E-state index in [9.17, 15) is 4.79 Å². The zero-order valence-corrected chi connectivity index (χ0v) is 10.6. The Hall–Kier alpha value is -1.77. The van der Waals surface area contributed by atoms with E-state index in [1.54, 1.807) is 4.68 Å². The van der Waals surface area contributed by atoms with Gasteiger partial charge in [-0.15, -0.1) is 0 Å². The number of nitrogens with zero attached hydrogens (tertiary/aromatic N) is 1. The van der Waals surface area contributed by atoms with Gasteiger partial charge in [0.2, 0.25) is 0 Å². The Morgan fingerprint density at radius 1 is 1.18 bits per heavy atom. The maximum atomic E-state index is 12.3. The fraction of sp³-hybridized carbons (Fsp3) is 0.357. The van der Waals surface area contributed by atoms with E-state index in [0.717, 1.165) is 35.3 Å². The molecule has 1 aromatic heterocycles. The van der Waals surface area contributed by atoms with Crippen LogP contribution in [0.3, 0.4) is 0 Å². The van der Waals surface area contributed by atoms with Crippen molar-refractivity contribution in [2.45, 2.75) is 33.6 Å². The summed E-state index contributed by atoms with van der Waals surface area (Å²) in [6, 6.07) is 7.91. The average molecular weight is 230 g/mol. The van der Waals surface area contributed by atoms with Crippen LogP contribution in [0, 0.1) is 6.92 Å². The number of hydrogen-bond donors (Lipinski definition) is 1. The minimum absolute atomic E-state index is 0.0821. The molecule has 17 heavy (non-hydrogen) atoms. The highest BCUT2D eigenvalue weighted by Crippen LogP contribution is 2.12. The van der Waals surface area contributed by atoms with Crippen LogP contribution in [-0.2, 0) is 12.8 Å². The Morgan fingerprint density at radius 3 is 2.41 bits per heavy atom. The molecule has 0 aliphatic rings. The molecule has 1 heterocycles. The van der Waals surface area contributed by atoms with Gasteiger partial charge in [-0.2, -0.15) is 0 Å². The normalized spacial score (nSPS) is 10.8. The molecule has 0 radical (unpaired) electrons. The van der Waals surface area contributed by atoms with Crippen LogP contribution >= 0.6 is 0 Å². The number of nitrogens with one attached hydrogen (secondary N) is 1. The van der Waals surface area contributed by atoms with Crippen LogP contribution in [0.1, 0.15) is 30.7 Å². The summed E-state index contributed by atoms with van der Waals surface area (Å²) in [6.07, 6.45) is 1.63. The van der Waals surface area contributed by atoms with Crippen LogP contribution in [-0.4, -0.2) is 9.78 Å². The number of benzene rings is 1. The van der Waals surface area contributed by atoms with Crippen LogP contribution in [0.25, 0.3) is 5.69 Å². The van der Waals surface area contributed by atoms with Crippen LogP contribution in [0.2, 0.25) is 0 Å². The summed E-state index contributed by atoms with van der Waals surface area (Å²) in [5.74, 6) is 0. The molecule has 0 atom stereocenters. The van der Waals surface area contributed by atoms with Gasteiger partial charge in [0.15, 0.2) is 0 Å². The van der Waals surface area contributed by atoms with Crippen molar-refractivity contribution >= 4 is 0 Å². The molecule has 0 saturated carbocycles. The molecule has 0 amide bonds. The van der Waals surface area contributed by atoms with Gasteiger partial charge in [0.25, 0.3) is 5.56 Å². The Balaban J connectivity index is 2.65. The molecule has 0 spiro atoms. The molecule has 0 aliphatic heterocycles. The fourth-order valence-corrected chi connectivity index (χ4v) is 2.16. The zero-order chi connectivity index (χ0) is 12.4. The fourth-order valence-electron chi connectivity index (χ4n) is 2.16. The van der Waals surface area contributed by atoms with Gasteiger partial charge in [0.1, 0.15) is 0 Å². The first-order valence-electron chi connectivity index (χ1n) is 6.07. The van der Waals surface area contributed by atoms with Gasteiger partial charge in [-0.05, 0) is 31.4 Å². The highest BCUT2D eigenvalue weighted by atomic mass is 16.1. The van der Waals surface area contributed by atoms with Crippen molar-refractivity contribution in [2.24, 2.45) is 0 Å². The van der Waals surface area contributed by atoms with E-state index in [2.05, 4.69) is 12.0 Å². The molecular weight excluding hydrogens is 212 g/mol. The molecule has 0 unspecified atom stereocenters. The molecule has 0 aliphatic carbocycles. The smallest absolute Gasteiger partial charge is 0.274 e. The van der Waals surface area contributed by atoms with E-state index in [1.807, 2.05) is 38.1 Å². The Bertz CT molecular complexity index is 578. The molecule has 90 valence electrons. The molecule has 0 fully saturated rings. The Kier molecular flexibility index (Phi) is 3.18. The topological polar surface area (TPSA) is 37.8 Å². The second kappa shape index (κ2) is 4.62. The molecular formula is C14H18N2O. The first kappa shape index (κ1) is 11.7. The molecule has 3 heteroatoms. The second-order valence-electron chi connectivity index (χ2n) is 4.20. The van der Waals surface area contributed by atoms with E-state index < -0.39 is 0 Å². The van der Waals surface area contributed by atoms with Gasteiger partial charge in [0.05, 0.1) is 5.69 Å². The first-order valence-corrected chi connectivity index (χ1v) is 6.07. The molecule has 2 aromatic rings. The molecule has 3 nitrogen and oxygen atoms in total. The Labute approximate surface area is 101 Å². The van der Waals surface area contributed by atoms with Crippen LogP contribution < -0.4 is 5.56 Å². The third kappa shape index (κ3) is 1.93. The summed E-state index contributed by atoms with van der Waals surface area (Å²) in [5, 5.41) is 3.21. The van der Waals surface area contributed by atoms with Crippen molar-refractivity contribution in [1.82, 2.24) is 9.78 Å². The molecule has 1 N–H and O–H groups in total. The lowest BCUT2D eigenvalue weighted by atomic mass is 10.1. The van der Waals surface area contributed by atoms with Crippen molar-refractivity contribution in [3.8, 4) is 5.69 Å². The number of aryl methyl sites for hydroxylation is 2. The van der Waals surface area contributed by atoms with Crippen molar-refractivity contribution in [3.05, 3.63) is 51.4 Å². The minimum Gasteiger partial charge on any atom is -0.295 e. The monoisotopic (exact) mass is 230 g/mol. The SMILES string of the molecule is CCc1[nH]n(-c2ccccc2C)c(=O)c1CC. The maximum Gasteiger partial charge on any atom is 0.274 e. The lowest BCUT2D eigenvalue weighted by Crippen LogP contribution is -2.17. The summed E-state index contributed by atoms with van der Waals surface area (Å²) in [7, 11) is 0. The van der Waals surface area contributed by atoms with Gasteiger partial charge in [0, 0.05) is 11.3 Å². The largest absolute Gasteiger partial charge is 0.295 e. The lowest BCUT2D eigenvalue weighted by Gasteiger charge is -2.04. The summed E-state index contributed by atoms with van der Waals surface area (Å²) < 4.78 is 1.66. The molecule has 0 bridgehead atoms. The van der Waals surface area contributed by atoms with Crippen LogP contribution in [0.5, 0.6) is 0 Å². The summed E-state index contributed by atoms with van der Waals surface area (Å²) in [4.78, 5) is 12.3. The van der Waals surface area contributed by atoms with Crippen molar-refractivity contribution < 1.29 is 0 Å². The van der Waals surface area contributed by atoms with Gasteiger partial charge in [-0.1, -0.05) is 32.0 Å². The molecule has 1 aromatic carbocycles. The predicted molar refractivity (Wildman–Crippen MR) is 69.9 cm³/mol. The van der Waals surface area contributed by atoms with Gasteiger partial charge in [-0.3, -0.25) is 9.89 Å². The third-order valence-electron chi connectivity index (χ3n) is 3.14. The van der Waals surface area contributed by atoms with Crippen molar-refractivity contribution in [2.75, 3.05) is 0 Å². The third-order valence-corrected chi connectivity index (χ3v) is 3.14. The maximum absolute atomic E-state index is 12.3. The van der Waals surface area contributed by atoms with E-state index in [1.165, 1.54) is 0 Å². The van der Waals surface area contributed by atoms with Crippen molar-refractivity contribution in [3.63, 3.8) is 0 Å². The number of hydrogen-bond acceptors (Lipinski definition) is 1. The number of rotatable bonds is 3. The quantitative estimate of drug-likeness (QED) is 0.864. The highest BCUT2D eigenvalue weighted by Gasteiger charge is 2.12. The van der Waals surface area contributed by atoms with E-state index in [4.69, 9.17) is 0 Å². The number of para-hydroxylation sites is 1. The van der Waals surface area contributed by atoms with E-state index >= 15 is 0 Å².